The summed E-state index contributed by atoms with van der Waals surface area (Å²) in [5.41, 5.74) is -0.818. The Balaban J connectivity index is 1.80. The Labute approximate surface area is 147 Å². The van der Waals surface area contributed by atoms with E-state index in [2.05, 4.69) is 5.32 Å². The topological polar surface area (TPSA) is 60.3 Å². The second-order valence-electron chi connectivity index (χ2n) is 5.36. The van der Waals surface area contributed by atoms with E-state index in [1.54, 1.807) is 0 Å². The van der Waals surface area contributed by atoms with Gasteiger partial charge in [-0.2, -0.15) is 4.73 Å². The Hall–Kier alpha value is -3.48. The van der Waals surface area contributed by atoms with Crippen molar-refractivity contribution in [3.63, 3.8) is 0 Å². The minimum atomic E-state index is -0.935. The van der Waals surface area contributed by atoms with E-state index in [0.717, 1.165) is 22.4 Å². The third-order valence-electron chi connectivity index (χ3n) is 3.57. The number of benzene rings is 2. The van der Waals surface area contributed by atoms with Crippen molar-refractivity contribution >= 4 is 11.6 Å². The molecule has 0 radical (unpaired) electrons. The summed E-state index contributed by atoms with van der Waals surface area (Å²) in [6.45, 7) is 0.119. The summed E-state index contributed by atoms with van der Waals surface area (Å²) in [4.78, 5) is 30.0. The van der Waals surface area contributed by atoms with Crippen molar-refractivity contribution < 1.29 is 18.4 Å². The van der Waals surface area contributed by atoms with Crippen molar-refractivity contribution in [2.45, 2.75) is 6.61 Å². The molecule has 26 heavy (non-hydrogen) atoms. The smallest absolute Gasteiger partial charge is 0.295 e. The Kier molecular flexibility index (Phi) is 5.07. The summed E-state index contributed by atoms with van der Waals surface area (Å²) in [5.74, 6) is -2.80. The molecule has 132 valence electrons. The first-order chi connectivity index (χ1) is 12.6. The summed E-state index contributed by atoms with van der Waals surface area (Å²) in [6, 6.07) is 15.0. The van der Waals surface area contributed by atoms with Gasteiger partial charge >= 0.3 is 0 Å². The number of hydrogen-bond donors (Lipinski definition) is 1. The van der Waals surface area contributed by atoms with Crippen molar-refractivity contribution in [3.8, 4) is 0 Å². The first-order valence-corrected chi connectivity index (χ1v) is 7.70. The third-order valence-corrected chi connectivity index (χ3v) is 3.57. The number of carbonyl (C=O) groups is 1. The summed E-state index contributed by atoms with van der Waals surface area (Å²) in [7, 11) is 0. The number of aromatic nitrogens is 1. The van der Waals surface area contributed by atoms with Gasteiger partial charge in [0.1, 0.15) is 29.5 Å². The predicted octanol–water partition coefficient (Wildman–Crippen LogP) is 3.01. The molecule has 0 bridgehead atoms. The monoisotopic (exact) mass is 356 g/mol. The number of para-hydroxylation sites is 1. The Bertz CT molecular complexity index is 967. The fourth-order valence-electron chi connectivity index (χ4n) is 2.27. The van der Waals surface area contributed by atoms with Crippen LogP contribution in [0.2, 0.25) is 0 Å². The zero-order chi connectivity index (χ0) is 18.5. The molecule has 0 aliphatic rings. The van der Waals surface area contributed by atoms with Crippen LogP contribution in [0.5, 0.6) is 0 Å². The number of halogens is 2. The fraction of sp³-hybridized carbons (Fsp3) is 0.0526. The SMILES string of the molecule is O=C(Nc1c(F)cccc1F)c1cccn(OCc2ccccc2)c1=O. The zero-order valence-corrected chi connectivity index (χ0v) is 13.5. The van der Waals surface area contributed by atoms with Crippen LogP contribution in [0, 0.1) is 11.6 Å². The van der Waals surface area contributed by atoms with Crippen LogP contribution >= 0.6 is 0 Å². The zero-order valence-electron chi connectivity index (χ0n) is 13.5. The second kappa shape index (κ2) is 7.60. The molecule has 1 N–H and O–H groups in total. The van der Waals surface area contributed by atoms with Gasteiger partial charge in [0.2, 0.25) is 0 Å². The van der Waals surface area contributed by atoms with Gasteiger partial charge in [-0.05, 0) is 29.8 Å². The van der Waals surface area contributed by atoms with Gasteiger partial charge in [-0.25, -0.2) is 8.78 Å². The number of pyridine rings is 1. The highest BCUT2D eigenvalue weighted by atomic mass is 19.1. The lowest BCUT2D eigenvalue weighted by atomic mass is 10.2. The molecule has 0 unspecified atom stereocenters. The molecule has 1 aromatic heterocycles. The average molecular weight is 356 g/mol. The van der Waals surface area contributed by atoms with Gasteiger partial charge in [0, 0.05) is 6.20 Å². The molecule has 0 aliphatic carbocycles. The Morgan fingerprint density at radius 1 is 0.962 bits per heavy atom. The largest absolute Gasteiger partial charge is 0.406 e. The van der Waals surface area contributed by atoms with Crippen molar-refractivity contribution in [2.75, 3.05) is 5.32 Å². The van der Waals surface area contributed by atoms with E-state index in [1.165, 1.54) is 24.4 Å². The van der Waals surface area contributed by atoms with Gasteiger partial charge in [0.05, 0.1) is 0 Å². The van der Waals surface area contributed by atoms with Crippen molar-refractivity contribution in [1.82, 2.24) is 4.73 Å². The van der Waals surface area contributed by atoms with Gasteiger partial charge in [-0.15, -0.1) is 0 Å². The van der Waals surface area contributed by atoms with Crippen LogP contribution in [0.15, 0.2) is 71.7 Å². The molecule has 3 rings (SSSR count). The maximum Gasteiger partial charge on any atom is 0.295 e. The van der Waals surface area contributed by atoms with E-state index in [1.807, 2.05) is 30.3 Å². The molecule has 5 nitrogen and oxygen atoms in total. The Morgan fingerprint density at radius 2 is 1.65 bits per heavy atom. The fourth-order valence-corrected chi connectivity index (χ4v) is 2.27. The molecule has 0 saturated carbocycles. The molecular weight excluding hydrogens is 342 g/mol. The maximum atomic E-state index is 13.7. The molecule has 1 amide bonds. The molecule has 1 heterocycles. The molecule has 2 aromatic carbocycles. The summed E-state index contributed by atoms with van der Waals surface area (Å²) in [6.07, 6.45) is 1.35. The number of amides is 1. The summed E-state index contributed by atoms with van der Waals surface area (Å²) >= 11 is 0. The lowest BCUT2D eigenvalue weighted by molar-refractivity contribution is 0.0863. The molecule has 0 atom stereocenters. The number of rotatable bonds is 5. The highest BCUT2D eigenvalue weighted by molar-refractivity contribution is 6.04. The van der Waals surface area contributed by atoms with Crippen LogP contribution in [-0.2, 0) is 6.61 Å². The maximum absolute atomic E-state index is 13.7. The van der Waals surface area contributed by atoms with Crippen LogP contribution in [0.4, 0.5) is 14.5 Å². The molecule has 3 aromatic rings. The minimum absolute atomic E-state index is 0.119. The lowest BCUT2D eigenvalue weighted by Gasteiger charge is -2.11. The molecule has 0 saturated heterocycles. The van der Waals surface area contributed by atoms with Crippen molar-refractivity contribution in [3.05, 3.63) is 100.0 Å². The van der Waals surface area contributed by atoms with E-state index < -0.39 is 28.8 Å². The molecule has 7 heteroatoms. The van der Waals surface area contributed by atoms with Gasteiger partial charge in [0.25, 0.3) is 11.5 Å². The lowest BCUT2D eigenvalue weighted by Crippen LogP contribution is -2.32. The number of nitrogens with zero attached hydrogens (tertiary/aromatic N) is 1. The molecule has 0 spiro atoms. The minimum Gasteiger partial charge on any atom is -0.406 e. The van der Waals surface area contributed by atoms with Crippen LogP contribution in [0.3, 0.4) is 0 Å². The van der Waals surface area contributed by atoms with Crippen LogP contribution in [0.1, 0.15) is 15.9 Å². The average Bonchev–Trinajstić information content (AvgIpc) is 2.65. The highest BCUT2D eigenvalue weighted by Gasteiger charge is 2.17. The molecule has 0 aliphatic heterocycles. The number of nitrogens with one attached hydrogen (secondary N) is 1. The summed E-state index contributed by atoms with van der Waals surface area (Å²) < 4.78 is 28.2. The predicted molar refractivity (Wildman–Crippen MR) is 91.7 cm³/mol. The first-order valence-electron chi connectivity index (χ1n) is 7.70. The normalized spacial score (nSPS) is 10.4. The molecular formula is C19H14F2N2O3. The van der Waals surface area contributed by atoms with Gasteiger partial charge in [-0.3, -0.25) is 9.59 Å². The molecule has 0 fully saturated rings. The van der Waals surface area contributed by atoms with Crippen LogP contribution < -0.4 is 15.7 Å². The van der Waals surface area contributed by atoms with E-state index >= 15 is 0 Å². The number of hydrogen-bond acceptors (Lipinski definition) is 3. The number of anilines is 1. The summed E-state index contributed by atoms with van der Waals surface area (Å²) in [5, 5.41) is 2.08. The van der Waals surface area contributed by atoms with Crippen molar-refractivity contribution in [1.29, 1.82) is 0 Å². The van der Waals surface area contributed by atoms with Crippen LogP contribution in [-0.4, -0.2) is 10.6 Å². The first kappa shape index (κ1) is 17.3. The third kappa shape index (κ3) is 3.77. The van der Waals surface area contributed by atoms with Gasteiger partial charge < -0.3 is 10.2 Å². The number of carbonyl (C=O) groups excluding carboxylic acids is 1. The standard InChI is InChI=1S/C19H14F2N2O3/c20-15-9-4-10-16(21)17(15)22-18(24)14-8-5-11-23(19(14)25)26-12-13-6-2-1-3-7-13/h1-11H,12H2,(H,22,24). The van der Waals surface area contributed by atoms with E-state index in [9.17, 15) is 18.4 Å². The highest BCUT2D eigenvalue weighted by Crippen LogP contribution is 2.18. The second-order valence-corrected chi connectivity index (χ2v) is 5.36. The quantitative estimate of drug-likeness (QED) is 0.765. The Morgan fingerprint density at radius 3 is 2.35 bits per heavy atom. The van der Waals surface area contributed by atoms with Crippen LogP contribution in [0.25, 0.3) is 0 Å². The van der Waals surface area contributed by atoms with E-state index in [4.69, 9.17) is 4.84 Å². The van der Waals surface area contributed by atoms with E-state index in [0.29, 0.717) is 0 Å². The van der Waals surface area contributed by atoms with Gasteiger partial charge in [0.15, 0.2) is 0 Å². The van der Waals surface area contributed by atoms with Gasteiger partial charge in [-0.1, -0.05) is 36.4 Å². The van der Waals surface area contributed by atoms with Crippen molar-refractivity contribution in [2.24, 2.45) is 0 Å². The van der Waals surface area contributed by atoms with E-state index in [-0.39, 0.29) is 12.2 Å².